The van der Waals surface area contributed by atoms with Gasteiger partial charge in [-0.15, -0.1) is 0 Å². The molecule has 2 fully saturated rings. The molecular formula is C10H20N2. The molecule has 0 aromatic rings. The quantitative estimate of drug-likeness (QED) is 0.667. The zero-order valence-corrected chi connectivity index (χ0v) is 8.27. The Morgan fingerprint density at radius 2 is 2.00 bits per heavy atom. The number of hydrogen-bond donors (Lipinski definition) is 1. The molecule has 1 unspecified atom stereocenters. The fourth-order valence-corrected chi connectivity index (χ4v) is 2.55. The van der Waals surface area contributed by atoms with Gasteiger partial charge >= 0.3 is 0 Å². The van der Waals surface area contributed by atoms with Crippen LogP contribution in [-0.2, 0) is 0 Å². The highest BCUT2D eigenvalue weighted by molar-refractivity contribution is 5.10. The Morgan fingerprint density at radius 3 is 2.42 bits per heavy atom. The molecule has 1 heterocycles. The van der Waals surface area contributed by atoms with Crippen LogP contribution in [0.25, 0.3) is 0 Å². The summed E-state index contributed by atoms with van der Waals surface area (Å²) in [5.41, 5.74) is 0.542. The molecule has 0 amide bonds. The third-order valence-corrected chi connectivity index (χ3v) is 3.61. The summed E-state index contributed by atoms with van der Waals surface area (Å²) in [4.78, 5) is 2.43. The van der Waals surface area contributed by atoms with Crippen molar-refractivity contribution >= 4 is 0 Å². The van der Waals surface area contributed by atoms with Gasteiger partial charge in [-0.3, -0.25) is 0 Å². The van der Waals surface area contributed by atoms with Crippen LogP contribution >= 0.6 is 0 Å². The molecule has 12 heavy (non-hydrogen) atoms. The summed E-state index contributed by atoms with van der Waals surface area (Å²) in [5.74, 6) is 0. The molecule has 1 aliphatic carbocycles. The van der Waals surface area contributed by atoms with E-state index in [4.69, 9.17) is 0 Å². The Bertz CT molecular complexity index is 155. The van der Waals surface area contributed by atoms with Crippen LogP contribution in [0.4, 0.5) is 0 Å². The summed E-state index contributed by atoms with van der Waals surface area (Å²) < 4.78 is 0. The van der Waals surface area contributed by atoms with Crippen molar-refractivity contribution in [2.24, 2.45) is 0 Å². The van der Waals surface area contributed by atoms with Gasteiger partial charge in [0.2, 0.25) is 0 Å². The summed E-state index contributed by atoms with van der Waals surface area (Å²) in [6, 6.07) is 0.779. The van der Waals surface area contributed by atoms with Gasteiger partial charge in [-0.1, -0.05) is 6.42 Å². The van der Waals surface area contributed by atoms with E-state index in [0.717, 1.165) is 6.04 Å². The molecule has 1 atom stereocenters. The van der Waals surface area contributed by atoms with Gasteiger partial charge in [0.1, 0.15) is 0 Å². The molecular weight excluding hydrogens is 148 g/mol. The molecule has 2 heteroatoms. The monoisotopic (exact) mass is 168 g/mol. The van der Waals surface area contributed by atoms with Crippen LogP contribution < -0.4 is 5.32 Å². The number of likely N-dealkylation sites (N-methyl/N-ethyl adjacent to an activating group) is 1. The molecule has 0 aromatic carbocycles. The van der Waals surface area contributed by atoms with Crippen molar-refractivity contribution in [3.63, 3.8) is 0 Å². The van der Waals surface area contributed by atoms with Crippen molar-refractivity contribution in [2.45, 2.75) is 43.7 Å². The molecule has 1 saturated heterocycles. The highest BCUT2D eigenvalue weighted by Crippen LogP contribution is 2.45. The molecule has 1 saturated carbocycles. The highest BCUT2D eigenvalue weighted by atomic mass is 15.2. The molecule has 0 radical (unpaired) electrons. The fourth-order valence-electron chi connectivity index (χ4n) is 2.55. The Hall–Kier alpha value is -0.0800. The second kappa shape index (κ2) is 3.00. The minimum atomic E-state index is 0.542. The summed E-state index contributed by atoms with van der Waals surface area (Å²) >= 11 is 0. The smallest absolute Gasteiger partial charge is 0.0357 e. The van der Waals surface area contributed by atoms with Crippen molar-refractivity contribution in [3.05, 3.63) is 0 Å². The number of nitrogens with zero attached hydrogens (tertiary/aromatic N) is 1. The first-order valence-electron chi connectivity index (χ1n) is 5.16. The molecule has 2 nitrogen and oxygen atoms in total. The summed E-state index contributed by atoms with van der Waals surface area (Å²) in [5, 5.41) is 3.66. The average Bonchev–Trinajstić information content (AvgIpc) is 2.86. The van der Waals surface area contributed by atoms with Crippen molar-refractivity contribution in [1.29, 1.82) is 0 Å². The summed E-state index contributed by atoms with van der Waals surface area (Å²) in [6.45, 7) is 1.24. The van der Waals surface area contributed by atoms with Gasteiger partial charge in [-0.2, -0.15) is 0 Å². The van der Waals surface area contributed by atoms with Gasteiger partial charge in [0.05, 0.1) is 0 Å². The van der Waals surface area contributed by atoms with Crippen molar-refractivity contribution < 1.29 is 0 Å². The minimum Gasteiger partial charge on any atom is -0.312 e. The van der Waals surface area contributed by atoms with E-state index < -0.39 is 0 Å². The summed E-state index contributed by atoms with van der Waals surface area (Å²) in [7, 11) is 4.45. The maximum atomic E-state index is 3.66. The largest absolute Gasteiger partial charge is 0.312 e. The predicted octanol–water partition coefficient (Wildman–Crippen LogP) is 1.22. The Balaban J connectivity index is 1.97. The van der Waals surface area contributed by atoms with Crippen LogP contribution in [0.2, 0.25) is 0 Å². The van der Waals surface area contributed by atoms with Gasteiger partial charge in [0, 0.05) is 11.6 Å². The van der Waals surface area contributed by atoms with E-state index in [9.17, 15) is 0 Å². The molecule has 0 spiro atoms. The van der Waals surface area contributed by atoms with Gasteiger partial charge in [-0.05, 0) is 46.3 Å². The average molecular weight is 168 g/mol. The molecule has 70 valence electrons. The van der Waals surface area contributed by atoms with Crippen molar-refractivity contribution in [3.8, 4) is 0 Å². The van der Waals surface area contributed by atoms with Crippen LogP contribution in [0, 0.1) is 0 Å². The van der Waals surface area contributed by atoms with Gasteiger partial charge in [0.15, 0.2) is 0 Å². The van der Waals surface area contributed by atoms with E-state index in [1.54, 1.807) is 0 Å². The lowest BCUT2D eigenvalue weighted by molar-refractivity contribution is 0.182. The van der Waals surface area contributed by atoms with Crippen LogP contribution in [0.1, 0.15) is 32.1 Å². The van der Waals surface area contributed by atoms with E-state index in [0.29, 0.717) is 5.54 Å². The number of rotatable bonds is 2. The molecule has 1 N–H and O–H groups in total. The maximum absolute atomic E-state index is 3.66. The topological polar surface area (TPSA) is 15.3 Å². The normalized spacial score (nSPS) is 33.8. The van der Waals surface area contributed by atoms with E-state index in [2.05, 4.69) is 24.3 Å². The number of hydrogen-bond acceptors (Lipinski definition) is 2. The zero-order chi connectivity index (χ0) is 8.60. The number of nitrogens with one attached hydrogen (secondary N) is 1. The zero-order valence-electron chi connectivity index (χ0n) is 8.27. The molecule has 2 aliphatic rings. The second-order valence-electron chi connectivity index (χ2n) is 4.50. The number of piperidine rings is 1. The van der Waals surface area contributed by atoms with Crippen LogP contribution in [0.15, 0.2) is 0 Å². The Morgan fingerprint density at radius 1 is 1.25 bits per heavy atom. The van der Waals surface area contributed by atoms with Gasteiger partial charge < -0.3 is 10.2 Å². The lowest BCUT2D eigenvalue weighted by Crippen LogP contribution is -2.51. The van der Waals surface area contributed by atoms with E-state index in [1.807, 2.05) is 0 Å². The Labute approximate surface area is 75.3 Å². The first-order valence-corrected chi connectivity index (χ1v) is 5.16. The molecule has 1 aliphatic heterocycles. The van der Waals surface area contributed by atoms with E-state index in [1.165, 1.54) is 38.6 Å². The van der Waals surface area contributed by atoms with Crippen LogP contribution in [0.3, 0.4) is 0 Å². The second-order valence-corrected chi connectivity index (χ2v) is 4.50. The lowest BCUT2D eigenvalue weighted by Gasteiger charge is -2.36. The van der Waals surface area contributed by atoms with Gasteiger partial charge in [-0.25, -0.2) is 0 Å². The standard InChI is InChI=1S/C10H20N2/c1-12(2)10(6-7-10)9-5-3-4-8-11-9/h9,11H,3-8H2,1-2H3. The Kier molecular flexibility index (Phi) is 2.13. The van der Waals surface area contributed by atoms with Crippen LogP contribution in [0.5, 0.6) is 0 Å². The summed E-state index contributed by atoms with van der Waals surface area (Å²) in [6.07, 6.45) is 6.99. The first kappa shape index (κ1) is 8.52. The fraction of sp³-hybridized carbons (Fsp3) is 1.00. The lowest BCUT2D eigenvalue weighted by atomic mass is 9.95. The third-order valence-electron chi connectivity index (χ3n) is 3.61. The maximum Gasteiger partial charge on any atom is 0.0357 e. The van der Waals surface area contributed by atoms with Crippen molar-refractivity contribution in [1.82, 2.24) is 10.2 Å². The minimum absolute atomic E-state index is 0.542. The molecule has 2 rings (SSSR count). The SMILES string of the molecule is CN(C)C1(C2CCCCN2)CC1. The predicted molar refractivity (Wildman–Crippen MR) is 51.3 cm³/mol. The van der Waals surface area contributed by atoms with E-state index in [-0.39, 0.29) is 0 Å². The molecule has 0 bridgehead atoms. The molecule has 0 aromatic heterocycles. The van der Waals surface area contributed by atoms with E-state index >= 15 is 0 Å². The first-order chi connectivity index (χ1) is 5.76. The highest BCUT2D eigenvalue weighted by Gasteiger charge is 2.50. The third kappa shape index (κ3) is 1.27. The van der Waals surface area contributed by atoms with Crippen LogP contribution in [-0.4, -0.2) is 37.1 Å². The van der Waals surface area contributed by atoms with Gasteiger partial charge in [0.25, 0.3) is 0 Å². The van der Waals surface area contributed by atoms with Crippen molar-refractivity contribution in [2.75, 3.05) is 20.6 Å².